The maximum Gasteiger partial charge on any atom is 0.200 e. The zero-order valence-electron chi connectivity index (χ0n) is 9.17. The maximum absolute atomic E-state index is 12.0. The normalized spacial score (nSPS) is 19.6. The van der Waals surface area contributed by atoms with Gasteiger partial charge in [-0.3, -0.25) is 4.79 Å². The monoisotopic (exact) mass is 285 g/mol. The largest absolute Gasteiger partial charge is 0.460 e. The first kappa shape index (κ1) is 11.9. The third-order valence-electron chi connectivity index (χ3n) is 3.23. The summed E-state index contributed by atoms with van der Waals surface area (Å²) in [5.41, 5.74) is 5.92. The number of hydrogen-bond donors (Lipinski definition) is 1. The molecular formula is C12H16BrNO2. The van der Waals surface area contributed by atoms with E-state index in [-0.39, 0.29) is 11.3 Å². The predicted octanol–water partition coefficient (Wildman–Crippen LogP) is 3.28. The molecule has 0 aliphatic heterocycles. The van der Waals surface area contributed by atoms with Crippen molar-refractivity contribution in [2.24, 2.45) is 5.73 Å². The van der Waals surface area contributed by atoms with E-state index in [0.29, 0.717) is 12.2 Å². The number of ketones is 1. The maximum atomic E-state index is 12.0. The van der Waals surface area contributed by atoms with Gasteiger partial charge in [0, 0.05) is 12.0 Å². The van der Waals surface area contributed by atoms with Gasteiger partial charge in [-0.15, -0.1) is 0 Å². The molecule has 2 N–H and O–H groups in total. The summed E-state index contributed by atoms with van der Waals surface area (Å²) in [4.78, 5) is 12.0. The van der Waals surface area contributed by atoms with Crippen molar-refractivity contribution in [1.82, 2.24) is 0 Å². The Bertz CT molecular complexity index is 380. The van der Waals surface area contributed by atoms with Crippen LogP contribution in [0.25, 0.3) is 0 Å². The zero-order valence-corrected chi connectivity index (χ0v) is 10.8. The fourth-order valence-electron chi connectivity index (χ4n) is 2.33. The van der Waals surface area contributed by atoms with E-state index in [1.165, 1.54) is 12.7 Å². The molecule has 1 fully saturated rings. The van der Waals surface area contributed by atoms with Crippen molar-refractivity contribution >= 4 is 21.7 Å². The van der Waals surface area contributed by atoms with Crippen molar-refractivity contribution in [3.05, 3.63) is 22.6 Å². The number of hydrogen-bond acceptors (Lipinski definition) is 3. The summed E-state index contributed by atoms with van der Waals surface area (Å²) in [6.45, 7) is 0. The van der Waals surface area contributed by atoms with E-state index in [1.807, 2.05) is 0 Å². The minimum Gasteiger partial charge on any atom is -0.460 e. The van der Waals surface area contributed by atoms with Crippen LogP contribution in [-0.4, -0.2) is 11.3 Å². The van der Waals surface area contributed by atoms with E-state index >= 15 is 0 Å². The first-order valence-electron chi connectivity index (χ1n) is 5.66. The van der Waals surface area contributed by atoms with Crippen LogP contribution in [0.2, 0.25) is 0 Å². The van der Waals surface area contributed by atoms with Gasteiger partial charge in [0.25, 0.3) is 0 Å². The zero-order chi connectivity index (χ0) is 11.6. The van der Waals surface area contributed by atoms with Crippen LogP contribution in [0.15, 0.2) is 21.2 Å². The number of carbonyl (C=O) groups excluding carboxylic acids is 1. The van der Waals surface area contributed by atoms with Crippen molar-refractivity contribution in [1.29, 1.82) is 0 Å². The smallest absolute Gasteiger partial charge is 0.200 e. The molecule has 88 valence electrons. The van der Waals surface area contributed by atoms with E-state index < -0.39 is 0 Å². The van der Waals surface area contributed by atoms with Crippen molar-refractivity contribution in [3.63, 3.8) is 0 Å². The van der Waals surface area contributed by atoms with Crippen LogP contribution in [0, 0.1) is 0 Å². The number of Topliss-reactive ketones (excluding diaryl/α,β-unsaturated/α-hetero) is 1. The molecule has 0 atom stereocenters. The van der Waals surface area contributed by atoms with E-state index in [9.17, 15) is 4.79 Å². The first-order valence-corrected chi connectivity index (χ1v) is 6.45. The van der Waals surface area contributed by atoms with E-state index in [4.69, 9.17) is 10.2 Å². The van der Waals surface area contributed by atoms with Gasteiger partial charge in [-0.25, -0.2) is 0 Å². The van der Waals surface area contributed by atoms with Gasteiger partial charge in [-0.1, -0.05) is 19.3 Å². The molecule has 0 unspecified atom stereocenters. The fraction of sp³-hybridized carbons (Fsp3) is 0.583. The van der Waals surface area contributed by atoms with Crippen LogP contribution in [-0.2, 0) is 0 Å². The molecule has 0 bridgehead atoms. The lowest BCUT2D eigenvalue weighted by Gasteiger charge is -2.32. The van der Waals surface area contributed by atoms with E-state index in [2.05, 4.69) is 15.9 Å². The number of halogens is 1. The van der Waals surface area contributed by atoms with Gasteiger partial charge in [0.05, 0.1) is 10.7 Å². The van der Waals surface area contributed by atoms with Gasteiger partial charge >= 0.3 is 0 Å². The topological polar surface area (TPSA) is 56.2 Å². The van der Waals surface area contributed by atoms with Gasteiger partial charge < -0.3 is 10.2 Å². The Morgan fingerprint density at radius 2 is 2.12 bits per heavy atom. The van der Waals surface area contributed by atoms with Crippen LogP contribution in [0.3, 0.4) is 0 Å². The summed E-state index contributed by atoms with van der Waals surface area (Å²) in [5, 5.41) is 0. The second kappa shape index (κ2) is 4.72. The third kappa shape index (κ3) is 2.55. The Morgan fingerprint density at radius 3 is 2.69 bits per heavy atom. The molecule has 3 nitrogen and oxygen atoms in total. The fourth-order valence-corrected chi connectivity index (χ4v) is 2.75. The molecule has 1 aliphatic carbocycles. The molecule has 0 amide bonds. The molecule has 16 heavy (non-hydrogen) atoms. The quantitative estimate of drug-likeness (QED) is 0.867. The molecule has 1 heterocycles. The Labute approximate surface area is 104 Å². The molecule has 1 aliphatic rings. The Kier molecular flexibility index (Phi) is 3.50. The predicted molar refractivity (Wildman–Crippen MR) is 65.4 cm³/mol. The van der Waals surface area contributed by atoms with Crippen LogP contribution in [0.5, 0.6) is 0 Å². The number of nitrogens with two attached hydrogens (primary N) is 1. The Morgan fingerprint density at radius 1 is 1.44 bits per heavy atom. The van der Waals surface area contributed by atoms with Crippen molar-refractivity contribution < 1.29 is 9.21 Å². The van der Waals surface area contributed by atoms with Gasteiger partial charge in [-0.2, -0.15) is 0 Å². The molecule has 0 radical (unpaired) electrons. The highest BCUT2D eigenvalue weighted by Crippen LogP contribution is 2.31. The highest BCUT2D eigenvalue weighted by atomic mass is 79.9. The summed E-state index contributed by atoms with van der Waals surface area (Å²) in [6.07, 6.45) is 7.28. The summed E-state index contributed by atoms with van der Waals surface area (Å²) >= 11 is 3.29. The standard InChI is InChI=1S/C12H16BrNO2/c13-9-4-7-16-11(9)10(15)8-12(14)5-2-1-3-6-12/h4,7H,1-3,5-6,8,14H2. The summed E-state index contributed by atoms with van der Waals surface area (Å²) in [7, 11) is 0. The molecule has 1 saturated carbocycles. The highest BCUT2D eigenvalue weighted by Gasteiger charge is 2.31. The number of rotatable bonds is 3. The third-order valence-corrected chi connectivity index (χ3v) is 3.86. The summed E-state index contributed by atoms with van der Waals surface area (Å²) in [6, 6.07) is 1.73. The van der Waals surface area contributed by atoms with Crippen molar-refractivity contribution in [2.45, 2.75) is 44.1 Å². The van der Waals surface area contributed by atoms with Gasteiger partial charge in [0.1, 0.15) is 0 Å². The minimum atomic E-state index is -0.318. The Balaban J connectivity index is 2.04. The first-order chi connectivity index (χ1) is 7.61. The number of furan rings is 1. The number of carbonyl (C=O) groups is 1. The lowest BCUT2D eigenvalue weighted by molar-refractivity contribution is 0.0906. The van der Waals surface area contributed by atoms with E-state index in [0.717, 1.165) is 30.2 Å². The molecule has 2 rings (SSSR count). The van der Waals surface area contributed by atoms with Gasteiger partial charge in [0.2, 0.25) is 5.78 Å². The molecule has 1 aromatic rings. The van der Waals surface area contributed by atoms with Crippen LogP contribution in [0.1, 0.15) is 49.1 Å². The molecule has 0 aromatic carbocycles. The van der Waals surface area contributed by atoms with E-state index in [1.54, 1.807) is 6.07 Å². The summed E-state index contributed by atoms with van der Waals surface area (Å²) in [5.74, 6) is 0.400. The summed E-state index contributed by atoms with van der Waals surface area (Å²) < 4.78 is 5.88. The molecule has 1 aromatic heterocycles. The van der Waals surface area contributed by atoms with Crippen molar-refractivity contribution in [2.75, 3.05) is 0 Å². The molecule has 0 spiro atoms. The minimum absolute atomic E-state index is 0.00118. The molecule has 4 heteroatoms. The van der Waals surface area contributed by atoms with Crippen LogP contribution < -0.4 is 5.73 Å². The van der Waals surface area contributed by atoms with Crippen LogP contribution >= 0.6 is 15.9 Å². The molecule has 0 saturated heterocycles. The van der Waals surface area contributed by atoms with Crippen LogP contribution in [0.4, 0.5) is 0 Å². The SMILES string of the molecule is NC1(CC(=O)c2occc2Br)CCCCC1. The lowest BCUT2D eigenvalue weighted by atomic mass is 9.79. The second-order valence-corrected chi connectivity index (χ2v) is 5.47. The lowest BCUT2D eigenvalue weighted by Crippen LogP contribution is -2.43. The Hall–Kier alpha value is -0.610. The van der Waals surface area contributed by atoms with Gasteiger partial charge in [0.15, 0.2) is 5.76 Å². The highest BCUT2D eigenvalue weighted by molar-refractivity contribution is 9.10. The molecular weight excluding hydrogens is 270 g/mol. The second-order valence-electron chi connectivity index (χ2n) is 4.62. The average molecular weight is 286 g/mol. The van der Waals surface area contributed by atoms with Crippen molar-refractivity contribution in [3.8, 4) is 0 Å². The van der Waals surface area contributed by atoms with Gasteiger partial charge in [-0.05, 0) is 34.8 Å². The average Bonchev–Trinajstić information content (AvgIpc) is 2.65.